The molecular formula is C13H13Cl2FN4. The molecule has 0 saturated carbocycles. The number of rotatable bonds is 5. The molecule has 1 heterocycles. The van der Waals surface area contributed by atoms with Crippen molar-refractivity contribution in [3.05, 3.63) is 40.3 Å². The van der Waals surface area contributed by atoms with Crippen LogP contribution in [0, 0.1) is 5.82 Å². The van der Waals surface area contributed by atoms with Crippen LogP contribution >= 0.6 is 23.2 Å². The highest BCUT2D eigenvalue weighted by Gasteiger charge is 2.08. The van der Waals surface area contributed by atoms with Crippen LogP contribution in [0.2, 0.25) is 10.0 Å². The molecule has 2 aromatic rings. The van der Waals surface area contributed by atoms with Gasteiger partial charge >= 0.3 is 0 Å². The fourth-order valence-electron chi connectivity index (χ4n) is 1.53. The normalized spacial score (nSPS) is 10.4. The van der Waals surface area contributed by atoms with Crippen LogP contribution in [0.25, 0.3) is 0 Å². The summed E-state index contributed by atoms with van der Waals surface area (Å²) in [5.41, 5.74) is 0.557. The lowest BCUT2D eigenvalue weighted by molar-refractivity contribution is 0.629. The summed E-state index contributed by atoms with van der Waals surface area (Å²) in [5.74, 6) is 0.459. The molecule has 0 atom stereocenters. The highest BCUT2D eigenvalue weighted by molar-refractivity contribution is 6.35. The van der Waals surface area contributed by atoms with E-state index in [1.165, 1.54) is 12.1 Å². The summed E-state index contributed by atoms with van der Waals surface area (Å²) in [6.07, 6.45) is 2.60. The molecule has 0 bridgehead atoms. The lowest BCUT2D eigenvalue weighted by Crippen LogP contribution is -2.05. The van der Waals surface area contributed by atoms with Crippen molar-refractivity contribution in [2.24, 2.45) is 0 Å². The number of halogens is 3. The van der Waals surface area contributed by atoms with Gasteiger partial charge in [0.2, 0.25) is 5.95 Å². The molecule has 2 N–H and O–H groups in total. The molecule has 1 aromatic heterocycles. The van der Waals surface area contributed by atoms with E-state index in [0.717, 1.165) is 13.0 Å². The summed E-state index contributed by atoms with van der Waals surface area (Å²) in [6.45, 7) is 2.84. The van der Waals surface area contributed by atoms with Gasteiger partial charge in [0.05, 0.1) is 10.0 Å². The van der Waals surface area contributed by atoms with E-state index in [2.05, 4.69) is 27.5 Å². The maximum Gasteiger partial charge on any atom is 0.224 e. The molecule has 20 heavy (non-hydrogen) atoms. The highest BCUT2D eigenvalue weighted by atomic mass is 35.5. The lowest BCUT2D eigenvalue weighted by atomic mass is 10.3. The van der Waals surface area contributed by atoms with Crippen LogP contribution in [-0.4, -0.2) is 16.5 Å². The number of benzene rings is 1. The Bertz CT molecular complexity index is 584. The first-order valence-electron chi connectivity index (χ1n) is 6.08. The third-order valence-corrected chi connectivity index (χ3v) is 2.99. The van der Waals surface area contributed by atoms with Crippen LogP contribution in [0.4, 0.5) is 21.8 Å². The molecule has 0 aliphatic carbocycles. The van der Waals surface area contributed by atoms with Crippen molar-refractivity contribution in [2.75, 3.05) is 17.2 Å². The molecule has 1 aromatic carbocycles. The third kappa shape index (κ3) is 3.71. The predicted octanol–water partition coefficient (Wildman–Crippen LogP) is 4.49. The second-order valence-electron chi connectivity index (χ2n) is 4.07. The molecule has 0 saturated heterocycles. The molecule has 106 valence electrons. The van der Waals surface area contributed by atoms with Gasteiger partial charge in [0.1, 0.15) is 5.82 Å². The largest absolute Gasteiger partial charge is 0.354 e. The van der Waals surface area contributed by atoms with Crippen molar-refractivity contribution in [2.45, 2.75) is 13.3 Å². The van der Waals surface area contributed by atoms with Crippen molar-refractivity contribution in [3.63, 3.8) is 0 Å². The summed E-state index contributed by atoms with van der Waals surface area (Å²) in [6, 6.07) is 4.59. The Hall–Kier alpha value is -1.59. The second-order valence-corrected chi connectivity index (χ2v) is 4.89. The Kier molecular flexibility index (Phi) is 4.98. The molecule has 0 aliphatic heterocycles. The Balaban J connectivity index is 2.17. The fraction of sp³-hybridized carbons (Fsp3) is 0.231. The van der Waals surface area contributed by atoms with Crippen molar-refractivity contribution in [3.8, 4) is 0 Å². The lowest BCUT2D eigenvalue weighted by Gasteiger charge is -2.09. The van der Waals surface area contributed by atoms with E-state index in [1.807, 2.05) is 0 Å². The first kappa shape index (κ1) is 14.8. The first-order chi connectivity index (χ1) is 9.60. The van der Waals surface area contributed by atoms with Gasteiger partial charge in [-0.05, 0) is 24.6 Å². The number of nitrogens with zero attached hydrogens (tertiary/aromatic N) is 2. The number of hydrogen-bond acceptors (Lipinski definition) is 4. The average molecular weight is 315 g/mol. The van der Waals surface area contributed by atoms with Crippen molar-refractivity contribution in [1.82, 2.24) is 9.97 Å². The minimum Gasteiger partial charge on any atom is -0.354 e. The van der Waals surface area contributed by atoms with Gasteiger partial charge < -0.3 is 10.6 Å². The number of hydrogen-bond donors (Lipinski definition) is 2. The quantitative estimate of drug-likeness (QED) is 0.798. The molecule has 7 heteroatoms. The molecular weight excluding hydrogens is 302 g/mol. The van der Waals surface area contributed by atoms with Crippen LogP contribution < -0.4 is 10.6 Å². The van der Waals surface area contributed by atoms with Gasteiger partial charge in [0.15, 0.2) is 5.82 Å². The van der Waals surface area contributed by atoms with Crippen molar-refractivity contribution < 1.29 is 4.39 Å². The van der Waals surface area contributed by atoms with E-state index in [-0.39, 0.29) is 10.0 Å². The monoisotopic (exact) mass is 314 g/mol. The van der Waals surface area contributed by atoms with Crippen molar-refractivity contribution in [1.29, 1.82) is 0 Å². The standard InChI is InChI=1S/C13H13Cl2FN4/c1-2-4-17-13-18-5-3-11(20-13)19-8-6-9(14)12(16)10(15)7-8/h3,5-7H,2,4H2,1H3,(H2,17,18,19,20). The van der Waals surface area contributed by atoms with E-state index in [9.17, 15) is 4.39 Å². The zero-order valence-corrected chi connectivity index (χ0v) is 12.3. The van der Waals surface area contributed by atoms with Crippen LogP contribution in [0.15, 0.2) is 24.4 Å². The Labute approximate surface area is 126 Å². The van der Waals surface area contributed by atoms with Gasteiger partial charge in [-0.15, -0.1) is 0 Å². The van der Waals surface area contributed by atoms with Crippen LogP contribution in [-0.2, 0) is 0 Å². The molecule has 0 radical (unpaired) electrons. The van der Waals surface area contributed by atoms with Crippen LogP contribution in [0.3, 0.4) is 0 Å². The third-order valence-electron chi connectivity index (χ3n) is 2.44. The van der Waals surface area contributed by atoms with E-state index in [4.69, 9.17) is 23.2 Å². The minimum absolute atomic E-state index is 0.0432. The molecule has 4 nitrogen and oxygen atoms in total. The van der Waals surface area contributed by atoms with Crippen LogP contribution in [0.1, 0.15) is 13.3 Å². The van der Waals surface area contributed by atoms with Gasteiger partial charge in [-0.2, -0.15) is 4.98 Å². The van der Waals surface area contributed by atoms with Gasteiger partial charge in [0, 0.05) is 18.4 Å². The fourth-order valence-corrected chi connectivity index (χ4v) is 2.01. The Morgan fingerprint density at radius 1 is 1.25 bits per heavy atom. The summed E-state index contributed by atoms with van der Waals surface area (Å²) in [4.78, 5) is 8.37. The molecule has 2 rings (SSSR count). The topological polar surface area (TPSA) is 49.8 Å². The molecule has 0 unspecified atom stereocenters. The first-order valence-corrected chi connectivity index (χ1v) is 6.84. The summed E-state index contributed by atoms with van der Waals surface area (Å²) < 4.78 is 13.3. The highest BCUT2D eigenvalue weighted by Crippen LogP contribution is 2.28. The zero-order chi connectivity index (χ0) is 14.5. The Morgan fingerprint density at radius 2 is 1.95 bits per heavy atom. The van der Waals surface area contributed by atoms with E-state index in [0.29, 0.717) is 17.5 Å². The second kappa shape index (κ2) is 6.72. The van der Waals surface area contributed by atoms with Crippen molar-refractivity contribution >= 4 is 40.7 Å². The smallest absolute Gasteiger partial charge is 0.224 e. The van der Waals surface area contributed by atoms with Gasteiger partial charge in [-0.25, -0.2) is 9.37 Å². The maximum absolute atomic E-state index is 13.3. The summed E-state index contributed by atoms with van der Waals surface area (Å²) >= 11 is 11.5. The molecule has 0 aliphatic rings. The SMILES string of the molecule is CCCNc1nccc(Nc2cc(Cl)c(F)c(Cl)c2)n1. The molecule has 0 spiro atoms. The molecule has 0 amide bonds. The average Bonchev–Trinajstić information content (AvgIpc) is 2.43. The van der Waals surface area contributed by atoms with Gasteiger partial charge in [-0.1, -0.05) is 30.1 Å². The predicted molar refractivity (Wildman–Crippen MR) is 80.5 cm³/mol. The summed E-state index contributed by atoms with van der Waals surface area (Å²) in [7, 11) is 0. The van der Waals surface area contributed by atoms with E-state index >= 15 is 0 Å². The van der Waals surface area contributed by atoms with E-state index < -0.39 is 5.82 Å². The number of aromatic nitrogens is 2. The Morgan fingerprint density at radius 3 is 2.60 bits per heavy atom. The number of nitrogens with one attached hydrogen (secondary N) is 2. The number of anilines is 3. The maximum atomic E-state index is 13.3. The van der Waals surface area contributed by atoms with Gasteiger partial charge in [-0.3, -0.25) is 0 Å². The van der Waals surface area contributed by atoms with E-state index in [1.54, 1.807) is 12.3 Å². The summed E-state index contributed by atoms with van der Waals surface area (Å²) in [5, 5.41) is 5.99. The zero-order valence-electron chi connectivity index (χ0n) is 10.8. The molecule has 0 fully saturated rings. The minimum atomic E-state index is -0.633. The van der Waals surface area contributed by atoms with Crippen LogP contribution in [0.5, 0.6) is 0 Å². The van der Waals surface area contributed by atoms with Gasteiger partial charge in [0.25, 0.3) is 0 Å².